The molecule has 0 saturated carbocycles. The van der Waals surface area contributed by atoms with Crippen LogP contribution in [0.15, 0.2) is 0 Å². The van der Waals surface area contributed by atoms with Crippen LogP contribution in [0.25, 0.3) is 0 Å². The van der Waals surface area contributed by atoms with Gasteiger partial charge in [-0.3, -0.25) is 4.98 Å². The number of nitrogens with zero attached hydrogens (tertiary/aromatic N) is 1. The number of H-pyrrole nitrogens is 2. The second kappa shape index (κ2) is 4.32. The number of nitrogens with one attached hydrogen (secondary N) is 2. The minimum absolute atomic E-state index is 0.338. The molecular weight excluding hydrogens is 194 g/mol. The maximum atomic E-state index is 5.20. The summed E-state index contributed by atoms with van der Waals surface area (Å²) in [7, 11) is 0. The quantitative estimate of drug-likeness (QED) is 0.738. The van der Waals surface area contributed by atoms with Gasteiger partial charge in [0.05, 0.1) is 6.61 Å². The van der Waals surface area contributed by atoms with Gasteiger partial charge in [-0.2, -0.15) is 4.98 Å². The molecule has 0 amide bonds. The normalized spacial score (nSPS) is 9.75. The molecule has 12 heavy (non-hydrogen) atoms. The summed E-state index contributed by atoms with van der Waals surface area (Å²) in [6.07, 6.45) is 0.924. The van der Waals surface area contributed by atoms with E-state index in [1.165, 1.54) is 0 Å². The zero-order valence-corrected chi connectivity index (χ0v) is 8.22. The predicted octanol–water partition coefficient (Wildman–Crippen LogP) is 1.99. The van der Waals surface area contributed by atoms with E-state index < -0.39 is 0 Å². The summed E-state index contributed by atoms with van der Waals surface area (Å²) < 4.78 is 5.97. The maximum Gasteiger partial charge on any atom is 0.298 e. The van der Waals surface area contributed by atoms with Crippen molar-refractivity contribution in [3.63, 3.8) is 0 Å². The monoisotopic (exact) mass is 203 g/mol. The van der Waals surface area contributed by atoms with Gasteiger partial charge in [0.2, 0.25) is 4.77 Å². The molecule has 66 valence electrons. The number of aromatic amines is 2. The molecule has 1 aromatic heterocycles. The van der Waals surface area contributed by atoms with Gasteiger partial charge in [-0.1, -0.05) is 6.92 Å². The largest absolute Gasteiger partial charge is 0.465 e. The van der Waals surface area contributed by atoms with Crippen molar-refractivity contribution in [3.8, 4) is 6.01 Å². The summed E-state index contributed by atoms with van der Waals surface area (Å²) in [5.74, 6) is 0. The van der Waals surface area contributed by atoms with Gasteiger partial charge < -0.3 is 9.72 Å². The van der Waals surface area contributed by atoms with Crippen LogP contribution in [0.5, 0.6) is 6.01 Å². The van der Waals surface area contributed by atoms with Crippen molar-refractivity contribution in [2.75, 3.05) is 6.61 Å². The van der Waals surface area contributed by atoms with Crippen LogP contribution in [-0.2, 0) is 0 Å². The van der Waals surface area contributed by atoms with Crippen LogP contribution in [0.3, 0.4) is 0 Å². The van der Waals surface area contributed by atoms with Gasteiger partial charge >= 0.3 is 0 Å². The van der Waals surface area contributed by atoms with E-state index in [1.54, 1.807) is 0 Å². The van der Waals surface area contributed by atoms with Crippen molar-refractivity contribution >= 4 is 24.4 Å². The smallest absolute Gasteiger partial charge is 0.298 e. The van der Waals surface area contributed by atoms with Crippen LogP contribution in [0.1, 0.15) is 13.3 Å². The van der Waals surface area contributed by atoms with Crippen LogP contribution in [-0.4, -0.2) is 21.6 Å². The van der Waals surface area contributed by atoms with Gasteiger partial charge in [-0.15, -0.1) is 0 Å². The SMILES string of the molecule is CCCOc1nc(=S)[nH]c(=S)[nH]1. The highest BCUT2D eigenvalue weighted by atomic mass is 32.1. The van der Waals surface area contributed by atoms with E-state index in [-0.39, 0.29) is 0 Å². The highest BCUT2D eigenvalue weighted by molar-refractivity contribution is 7.71. The molecule has 0 fully saturated rings. The van der Waals surface area contributed by atoms with Gasteiger partial charge in [0.1, 0.15) is 0 Å². The highest BCUT2D eigenvalue weighted by Crippen LogP contribution is 1.98. The highest BCUT2D eigenvalue weighted by Gasteiger charge is 1.93. The second-order valence-electron chi connectivity index (χ2n) is 2.15. The fourth-order valence-electron chi connectivity index (χ4n) is 0.641. The third-order valence-electron chi connectivity index (χ3n) is 1.09. The molecular formula is C6H9N3OS2. The summed E-state index contributed by atoms with van der Waals surface area (Å²) >= 11 is 9.64. The molecule has 0 aliphatic rings. The molecule has 2 N–H and O–H groups in total. The molecule has 1 rings (SSSR count). The van der Waals surface area contributed by atoms with Crippen LogP contribution in [0.2, 0.25) is 0 Å². The summed E-state index contributed by atoms with van der Waals surface area (Å²) in [6, 6.07) is 0.380. The summed E-state index contributed by atoms with van der Waals surface area (Å²) in [4.78, 5) is 9.30. The lowest BCUT2D eigenvalue weighted by atomic mass is 10.5. The minimum atomic E-state index is 0.338. The van der Waals surface area contributed by atoms with Gasteiger partial charge in [0.15, 0.2) is 4.77 Å². The Kier molecular flexibility index (Phi) is 3.36. The van der Waals surface area contributed by atoms with E-state index in [9.17, 15) is 0 Å². The third-order valence-corrected chi connectivity index (χ3v) is 1.48. The van der Waals surface area contributed by atoms with Gasteiger partial charge in [0.25, 0.3) is 6.01 Å². The first-order chi connectivity index (χ1) is 5.72. The standard InChI is InChI=1S/C6H9N3OS2/c1-2-3-10-4-7-5(11)9-6(12)8-4/h2-3H2,1H3,(H2,7,8,9,11,12). The summed E-state index contributed by atoms with van der Waals surface area (Å²) in [5, 5.41) is 0. The topological polar surface area (TPSA) is 53.7 Å². The van der Waals surface area contributed by atoms with Crippen LogP contribution >= 0.6 is 24.4 Å². The Morgan fingerprint density at radius 1 is 1.42 bits per heavy atom. The summed E-state index contributed by atoms with van der Waals surface area (Å²) in [5.41, 5.74) is 0. The lowest BCUT2D eigenvalue weighted by Gasteiger charge is -2.01. The zero-order chi connectivity index (χ0) is 8.97. The molecule has 0 aliphatic heterocycles. The average Bonchev–Trinajstić information content (AvgIpc) is 1.99. The van der Waals surface area contributed by atoms with E-state index in [0.717, 1.165) is 6.42 Å². The Morgan fingerprint density at radius 2 is 2.17 bits per heavy atom. The maximum absolute atomic E-state index is 5.20. The van der Waals surface area contributed by atoms with Crippen LogP contribution < -0.4 is 4.74 Å². The third kappa shape index (κ3) is 2.71. The second-order valence-corrected chi connectivity index (χ2v) is 2.94. The number of hydrogen-bond donors (Lipinski definition) is 2. The molecule has 0 unspecified atom stereocenters. The van der Waals surface area contributed by atoms with Crippen molar-refractivity contribution < 1.29 is 4.74 Å². The van der Waals surface area contributed by atoms with Crippen LogP contribution in [0, 0.1) is 9.54 Å². The van der Waals surface area contributed by atoms with Crippen molar-refractivity contribution in [3.05, 3.63) is 9.54 Å². The number of aromatic nitrogens is 3. The van der Waals surface area contributed by atoms with E-state index in [4.69, 9.17) is 29.2 Å². The number of hydrogen-bond acceptors (Lipinski definition) is 4. The lowest BCUT2D eigenvalue weighted by molar-refractivity contribution is 0.290. The van der Waals surface area contributed by atoms with E-state index in [0.29, 0.717) is 22.2 Å². The Bertz CT molecular complexity index is 328. The van der Waals surface area contributed by atoms with Gasteiger partial charge in [0, 0.05) is 0 Å². The Hall–Kier alpha value is -0.750. The van der Waals surface area contributed by atoms with E-state index in [1.807, 2.05) is 6.92 Å². The Balaban J connectivity index is 2.86. The number of rotatable bonds is 3. The van der Waals surface area contributed by atoms with Crippen molar-refractivity contribution in [1.29, 1.82) is 0 Å². The van der Waals surface area contributed by atoms with Crippen molar-refractivity contribution in [2.24, 2.45) is 0 Å². The van der Waals surface area contributed by atoms with Gasteiger partial charge in [-0.05, 0) is 30.9 Å². The first-order valence-corrected chi connectivity index (χ1v) is 4.37. The fourth-order valence-corrected chi connectivity index (χ4v) is 1.07. The van der Waals surface area contributed by atoms with E-state index in [2.05, 4.69) is 15.0 Å². The lowest BCUT2D eigenvalue weighted by Crippen LogP contribution is -2.01. The molecule has 6 heteroatoms. The predicted molar refractivity (Wildman–Crippen MR) is 50.4 cm³/mol. The van der Waals surface area contributed by atoms with Crippen molar-refractivity contribution in [1.82, 2.24) is 15.0 Å². The molecule has 0 aliphatic carbocycles. The molecule has 4 nitrogen and oxygen atoms in total. The molecule has 0 radical (unpaired) electrons. The van der Waals surface area contributed by atoms with Gasteiger partial charge in [-0.25, -0.2) is 0 Å². The molecule has 0 atom stereocenters. The summed E-state index contributed by atoms with van der Waals surface area (Å²) in [6.45, 7) is 2.62. The molecule has 1 heterocycles. The average molecular weight is 203 g/mol. The Labute approximate surface area is 80.0 Å². The molecule has 1 aromatic rings. The molecule has 0 bridgehead atoms. The number of ether oxygens (including phenoxy) is 1. The first kappa shape index (κ1) is 9.34. The van der Waals surface area contributed by atoms with E-state index >= 15 is 0 Å². The molecule has 0 aromatic carbocycles. The zero-order valence-electron chi connectivity index (χ0n) is 6.59. The minimum Gasteiger partial charge on any atom is -0.465 e. The first-order valence-electron chi connectivity index (χ1n) is 3.56. The molecule has 0 saturated heterocycles. The van der Waals surface area contributed by atoms with Crippen molar-refractivity contribution in [2.45, 2.75) is 13.3 Å². The fraction of sp³-hybridized carbons (Fsp3) is 0.500. The molecule has 0 spiro atoms. The Morgan fingerprint density at radius 3 is 2.75 bits per heavy atom. The van der Waals surface area contributed by atoms with Crippen LogP contribution in [0.4, 0.5) is 0 Å².